The lowest BCUT2D eigenvalue weighted by atomic mass is 10.0. The van der Waals surface area contributed by atoms with Crippen molar-refractivity contribution in [2.45, 2.75) is 20.3 Å². The largest absolute Gasteiger partial charge is 0.289 e. The number of hydrogen-bond acceptors (Lipinski definition) is 4. The number of nitrogens with one attached hydrogen (secondary N) is 2. The minimum absolute atomic E-state index is 0.351. The first kappa shape index (κ1) is 17.5. The fourth-order valence-electron chi connectivity index (χ4n) is 2.54. The van der Waals surface area contributed by atoms with E-state index in [-0.39, 0.29) is 5.91 Å². The topological polar surface area (TPSA) is 83.0 Å². The number of hydrogen-bond donors (Lipinski definition) is 2. The second-order valence-electron chi connectivity index (χ2n) is 6.42. The van der Waals surface area contributed by atoms with E-state index in [2.05, 4.69) is 51.7 Å². The van der Waals surface area contributed by atoms with Gasteiger partial charge in [0.05, 0.1) is 17.6 Å². The molecule has 0 spiro atoms. The Morgan fingerprint density at radius 1 is 1.23 bits per heavy atom. The van der Waals surface area contributed by atoms with Gasteiger partial charge in [0.15, 0.2) is 0 Å². The molecule has 2 heterocycles. The van der Waals surface area contributed by atoms with Crippen molar-refractivity contribution in [3.05, 3.63) is 71.7 Å². The first-order valence-corrected chi connectivity index (χ1v) is 8.51. The first-order chi connectivity index (χ1) is 12.6. The van der Waals surface area contributed by atoms with E-state index in [9.17, 15) is 4.79 Å². The average molecular weight is 347 g/mol. The molecule has 3 aromatic rings. The van der Waals surface area contributed by atoms with Crippen LogP contribution in [0.3, 0.4) is 0 Å². The van der Waals surface area contributed by atoms with Gasteiger partial charge in [0.1, 0.15) is 5.69 Å². The van der Waals surface area contributed by atoms with Gasteiger partial charge in [0, 0.05) is 11.8 Å². The number of aromatic amines is 1. The van der Waals surface area contributed by atoms with E-state index in [1.165, 1.54) is 11.8 Å². The standard InChI is InChI=1S/C20H21N5O/c1-14(2)11-15-6-8-16(9-7-15)18-12-19(24-23-18)20(26)25-22-13-17-5-3-4-10-21-17/h3-10,12-14H,11H2,1-2H3,(H,23,24)(H,25,26). The third-order valence-electron chi connectivity index (χ3n) is 3.77. The third kappa shape index (κ3) is 4.63. The molecule has 1 amide bonds. The van der Waals surface area contributed by atoms with Crippen LogP contribution in [0, 0.1) is 5.92 Å². The summed E-state index contributed by atoms with van der Waals surface area (Å²) in [5.74, 6) is 0.264. The highest BCUT2D eigenvalue weighted by atomic mass is 16.2. The number of nitrogens with zero attached hydrogens (tertiary/aromatic N) is 3. The highest BCUT2D eigenvalue weighted by Gasteiger charge is 2.10. The second kappa shape index (κ2) is 8.20. The van der Waals surface area contributed by atoms with E-state index >= 15 is 0 Å². The summed E-state index contributed by atoms with van der Waals surface area (Å²) in [4.78, 5) is 16.2. The highest BCUT2D eigenvalue weighted by molar-refractivity contribution is 5.93. The molecule has 0 atom stereocenters. The van der Waals surface area contributed by atoms with Crippen LogP contribution in [0.1, 0.15) is 35.6 Å². The number of carbonyl (C=O) groups excluding carboxylic acids is 1. The lowest BCUT2D eigenvalue weighted by Gasteiger charge is -2.05. The van der Waals surface area contributed by atoms with Crippen LogP contribution >= 0.6 is 0 Å². The molecule has 2 aromatic heterocycles. The summed E-state index contributed by atoms with van der Waals surface area (Å²) in [6, 6.07) is 15.4. The zero-order valence-electron chi connectivity index (χ0n) is 14.8. The molecule has 132 valence electrons. The van der Waals surface area contributed by atoms with E-state index < -0.39 is 0 Å². The van der Waals surface area contributed by atoms with Crippen LogP contribution in [-0.4, -0.2) is 27.3 Å². The molecule has 3 rings (SSSR count). The SMILES string of the molecule is CC(C)Cc1ccc(-c2cc(C(=O)NN=Cc3ccccn3)[nH]n2)cc1. The van der Waals surface area contributed by atoms with E-state index in [0.29, 0.717) is 17.3 Å². The molecule has 26 heavy (non-hydrogen) atoms. The Balaban J connectivity index is 1.63. The Hall–Kier alpha value is -3.28. The molecule has 0 bridgehead atoms. The van der Waals surface area contributed by atoms with Crippen LogP contribution in [0.4, 0.5) is 0 Å². The number of H-pyrrole nitrogens is 1. The van der Waals surface area contributed by atoms with Gasteiger partial charge in [-0.1, -0.05) is 44.2 Å². The number of hydrazone groups is 1. The Bertz CT molecular complexity index is 882. The zero-order valence-corrected chi connectivity index (χ0v) is 14.8. The summed E-state index contributed by atoms with van der Waals surface area (Å²) in [6.45, 7) is 4.39. The maximum absolute atomic E-state index is 12.1. The number of rotatable bonds is 6. The average Bonchev–Trinajstić information content (AvgIpc) is 3.13. The van der Waals surface area contributed by atoms with Crippen molar-refractivity contribution in [2.24, 2.45) is 11.0 Å². The summed E-state index contributed by atoms with van der Waals surface area (Å²) in [7, 11) is 0. The summed E-state index contributed by atoms with van der Waals surface area (Å²) in [5.41, 5.74) is 6.46. The van der Waals surface area contributed by atoms with Crippen molar-refractivity contribution in [1.82, 2.24) is 20.6 Å². The maximum Gasteiger partial charge on any atom is 0.289 e. The van der Waals surface area contributed by atoms with Crippen LogP contribution in [-0.2, 0) is 6.42 Å². The van der Waals surface area contributed by atoms with Gasteiger partial charge in [0.2, 0.25) is 0 Å². The molecule has 0 aliphatic heterocycles. The fraction of sp³-hybridized carbons (Fsp3) is 0.200. The minimum Gasteiger partial charge on any atom is -0.272 e. The molecular weight excluding hydrogens is 326 g/mol. The van der Waals surface area contributed by atoms with E-state index in [0.717, 1.165) is 17.7 Å². The third-order valence-corrected chi connectivity index (χ3v) is 3.77. The van der Waals surface area contributed by atoms with Gasteiger partial charge in [-0.2, -0.15) is 10.2 Å². The number of amides is 1. The van der Waals surface area contributed by atoms with E-state index in [4.69, 9.17) is 0 Å². The Kier molecular flexibility index (Phi) is 5.53. The van der Waals surface area contributed by atoms with Gasteiger partial charge in [0.25, 0.3) is 5.91 Å². The number of carbonyl (C=O) groups is 1. The molecule has 0 radical (unpaired) electrons. The molecule has 6 heteroatoms. The van der Waals surface area contributed by atoms with Crippen LogP contribution in [0.15, 0.2) is 59.8 Å². The van der Waals surface area contributed by atoms with Crippen molar-refractivity contribution in [3.8, 4) is 11.3 Å². The van der Waals surface area contributed by atoms with Gasteiger partial charge in [-0.05, 0) is 36.1 Å². The molecular formula is C20H21N5O. The molecule has 0 fully saturated rings. The number of aromatic nitrogens is 3. The minimum atomic E-state index is -0.354. The lowest BCUT2D eigenvalue weighted by Crippen LogP contribution is -2.18. The van der Waals surface area contributed by atoms with Crippen molar-refractivity contribution in [3.63, 3.8) is 0 Å². The molecule has 0 aliphatic rings. The number of pyridine rings is 1. The summed E-state index contributed by atoms with van der Waals surface area (Å²) in [5, 5.41) is 10.9. The van der Waals surface area contributed by atoms with Crippen molar-refractivity contribution in [2.75, 3.05) is 0 Å². The van der Waals surface area contributed by atoms with Gasteiger partial charge in [-0.3, -0.25) is 14.9 Å². The summed E-state index contributed by atoms with van der Waals surface area (Å²) >= 11 is 0. The van der Waals surface area contributed by atoms with Gasteiger partial charge >= 0.3 is 0 Å². The summed E-state index contributed by atoms with van der Waals surface area (Å²) < 4.78 is 0. The van der Waals surface area contributed by atoms with Crippen LogP contribution in [0.25, 0.3) is 11.3 Å². The summed E-state index contributed by atoms with van der Waals surface area (Å²) in [6.07, 6.45) is 4.20. The highest BCUT2D eigenvalue weighted by Crippen LogP contribution is 2.19. The molecule has 1 aromatic carbocycles. The fourth-order valence-corrected chi connectivity index (χ4v) is 2.54. The van der Waals surface area contributed by atoms with Crippen LogP contribution < -0.4 is 5.43 Å². The van der Waals surface area contributed by atoms with Crippen molar-refractivity contribution >= 4 is 12.1 Å². The van der Waals surface area contributed by atoms with Crippen LogP contribution in [0.2, 0.25) is 0 Å². The Labute approximate surface area is 152 Å². The van der Waals surface area contributed by atoms with E-state index in [1.807, 2.05) is 24.3 Å². The predicted molar refractivity (Wildman–Crippen MR) is 102 cm³/mol. The predicted octanol–water partition coefficient (Wildman–Crippen LogP) is 3.43. The van der Waals surface area contributed by atoms with E-state index in [1.54, 1.807) is 18.3 Å². The quantitative estimate of drug-likeness (QED) is 0.529. The molecule has 0 unspecified atom stereocenters. The van der Waals surface area contributed by atoms with Crippen LogP contribution in [0.5, 0.6) is 0 Å². The van der Waals surface area contributed by atoms with Crippen molar-refractivity contribution in [1.29, 1.82) is 0 Å². The lowest BCUT2D eigenvalue weighted by molar-refractivity contribution is 0.0950. The second-order valence-corrected chi connectivity index (χ2v) is 6.42. The molecule has 0 saturated heterocycles. The van der Waals surface area contributed by atoms with Gasteiger partial charge < -0.3 is 0 Å². The normalized spacial score (nSPS) is 11.2. The zero-order chi connectivity index (χ0) is 18.4. The smallest absolute Gasteiger partial charge is 0.272 e. The van der Waals surface area contributed by atoms with Gasteiger partial charge in [-0.15, -0.1) is 0 Å². The van der Waals surface area contributed by atoms with Gasteiger partial charge in [-0.25, -0.2) is 5.43 Å². The molecule has 2 N–H and O–H groups in total. The molecule has 6 nitrogen and oxygen atoms in total. The Morgan fingerprint density at radius 2 is 2.04 bits per heavy atom. The molecule has 0 saturated carbocycles. The molecule has 0 aliphatic carbocycles. The maximum atomic E-state index is 12.1. The Morgan fingerprint density at radius 3 is 2.73 bits per heavy atom. The number of benzene rings is 1. The van der Waals surface area contributed by atoms with Crippen molar-refractivity contribution < 1.29 is 4.79 Å². The first-order valence-electron chi connectivity index (χ1n) is 8.51. The monoisotopic (exact) mass is 347 g/mol.